The Labute approximate surface area is 100.0 Å². The van der Waals surface area contributed by atoms with Crippen molar-refractivity contribution >= 4 is 28.9 Å². The molecular weight excluding hydrogens is 231 g/mol. The van der Waals surface area contributed by atoms with Gasteiger partial charge in [-0.15, -0.1) is 0 Å². The van der Waals surface area contributed by atoms with Crippen LogP contribution in [-0.4, -0.2) is 19.6 Å². The third-order valence-electron chi connectivity index (χ3n) is 2.62. The molecule has 0 bridgehead atoms. The topological polar surface area (TPSA) is 24.1 Å². The van der Waals surface area contributed by atoms with Crippen LogP contribution in [0.25, 0.3) is 0 Å². The second kappa shape index (κ2) is 5.06. The summed E-state index contributed by atoms with van der Waals surface area (Å²) < 4.78 is 0. The zero-order chi connectivity index (χ0) is 10.7. The van der Waals surface area contributed by atoms with E-state index in [1.165, 1.54) is 6.42 Å². The summed E-state index contributed by atoms with van der Waals surface area (Å²) in [6, 6.07) is 5.54. The molecule has 1 saturated heterocycles. The van der Waals surface area contributed by atoms with Crippen LogP contribution >= 0.6 is 23.2 Å². The minimum atomic E-state index is 0.676. The third-order valence-corrected chi connectivity index (χ3v) is 3.06. The van der Waals surface area contributed by atoms with Crippen molar-refractivity contribution in [3.05, 3.63) is 28.2 Å². The Morgan fingerprint density at radius 1 is 1.27 bits per heavy atom. The molecule has 1 aliphatic rings. The number of rotatable bonds is 3. The molecular formula is C11H14Cl2N2. The summed E-state index contributed by atoms with van der Waals surface area (Å²) in [4.78, 5) is 0. The second-order valence-electron chi connectivity index (χ2n) is 3.90. The van der Waals surface area contributed by atoms with Crippen LogP contribution in [0.4, 0.5) is 5.69 Å². The molecule has 1 atom stereocenters. The molecule has 0 spiro atoms. The average molecular weight is 245 g/mol. The lowest BCUT2D eigenvalue weighted by Gasteiger charge is -2.11. The molecule has 2 N–H and O–H groups in total. The normalized spacial score (nSPS) is 20.5. The molecule has 82 valence electrons. The molecule has 4 heteroatoms. The van der Waals surface area contributed by atoms with E-state index in [1.54, 1.807) is 6.07 Å². The van der Waals surface area contributed by atoms with Gasteiger partial charge in [0.05, 0.1) is 0 Å². The van der Waals surface area contributed by atoms with Crippen LogP contribution in [0.1, 0.15) is 6.42 Å². The summed E-state index contributed by atoms with van der Waals surface area (Å²) >= 11 is 11.8. The summed E-state index contributed by atoms with van der Waals surface area (Å²) in [6.07, 6.45) is 1.24. The van der Waals surface area contributed by atoms with E-state index in [1.807, 2.05) is 12.1 Å². The number of hydrogen-bond donors (Lipinski definition) is 2. The van der Waals surface area contributed by atoms with Crippen molar-refractivity contribution in [2.75, 3.05) is 25.0 Å². The minimum absolute atomic E-state index is 0.676. The van der Waals surface area contributed by atoms with Crippen molar-refractivity contribution in [2.24, 2.45) is 5.92 Å². The summed E-state index contributed by atoms with van der Waals surface area (Å²) in [5, 5.41) is 8.05. The Hall–Kier alpha value is -0.440. The molecule has 0 radical (unpaired) electrons. The lowest BCUT2D eigenvalue weighted by molar-refractivity contribution is 0.615. The van der Waals surface area contributed by atoms with Gasteiger partial charge in [-0.05, 0) is 43.6 Å². The zero-order valence-electron chi connectivity index (χ0n) is 8.39. The average Bonchev–Trinajstić information content (AvgIpc) is 2.65. The molecule has 1 aliphatic heterocycles. The van der Waals surface area contributed by atoms with Crippen molar-refractivity contribution in [1.82, 2.24) is 5.32 Å². The fraction of sp³-hybridized carbons (Fsp3) is 0.455. The van der Waals surface area contributed by atoms with Gasteiger partial charge in [0, 0.05) is 22.3 Å². The first-order chi connectivity index (χ1) is 7.24. The van der Waals surface area contributed by atoms with Crippen molar-refractivity contribution in [3.63, 3.8) is 0 Å². The molecule has 1 aromatic rings. The molecule has 1 fully saturated rings. The maximum Gasteiger partial charge on any atom is 0.0441 e. The third kappa shape index (κ3) is 3.26. The summed E-state index contributed by atoms with van der Waals surface area (Å²) in [7, 11) is 0. The van der Waals surface area contributed by atoms with Crippen LogP contribution in [0.15, 0.2) is 18.2 Å². The highest BCUT2D eigenvalue weighted by atomic mass is 35.5. The fourth-order valence-electron chi connectivity index (χ4n) is 1.81. The van der Waals surface area contributed by atoms with Gasteiger partial charge in [0.15, 0.2) is 0 Å². The molecule has 15 heavy (non-hydrogen) atoms. The smallest absolute Gasteiger partial charge is 0.0441 e. The van der Waals surface area contributed by atoms with E-state index in [0.717, 1.165) is 25.3 Å². The molecule has 2 nitrogen and oxygen atoms in total. The molecule has 0 aliphatic carbocycles. The molecule has 1 heterocycles. The van der Waals surface area contributed by atoms with Gasteiger partial charge in [0.1, 0.15) is 0 Å². The van der Waals surface area contributed by atoms with Crippen LogP contribution in [0.3, 0.4) is 0 Å². The molecule has 0 aromatic heterocycles. The predicted octanol–water partition coefficient (Wildman–Crippen LogP) is 3.01. The molecule has 1 unspecified atom stereocenters. The van der Waals surface area contributed by atoms with E-state index in [4.69, 9.17) is 23.2 Å². The molecule has 0 amide bonds. The summed E-state index contributed by atoms with van der Waals surface area (Å²) in [6.45, 7) is 3.20. The van der Waals surface area contributed by atoms with Gasteiger partial charge in [-0.1, -0.05) is 23.2 Å². The Bertz CT molecular complexity index is 315. The number of benzene rings is 1. The summed E-state index contributed by atoms with van der Waals surface area (Å²) in [5.74, 6) is 0.711. The Morgan fingerprint density at radius 2 is 2.00 bits per heavy atom. The number of hydrogen-bond acceptors (Lipinski definition) is 2. The van der Waals surface area contributed by atoms with Crippen LogP contribution < -0.4 is 10.6 Å². The maximum absolute atomic E-state index is 5.91. The van der Waals surface area contributed by atoms with Gasteiger partial charge in [0.2, 0.25) is 0 Å². The van der Waals surface area contributed by atoms with Gasteiger partial charge in [-0.3, -0.25) is 0 Å². The minimum Gasteiger partial charge on any atom is -0.385 e. The van der Waals surface area contributed by atoms with E-state index in [9.17, 15) is 0 Å². The van der Waals surface area contributed by atoms with E-state index in [-0.39, 0.29) is 0 Å². The van der Waals surface area contributed by atoms with E-state index in [0.29, 0.717) is 16.0 Å². The van der Waals surface area contributed by atoms with Crippen LogP contribution in [0.5, 0.6) is 0 Å². The first-order valence-electron chi connectivity index (χ1n) is 5.15. The second-order valence-corrected chi connectivity index (χ2v) is 4.77. The zero-order valence-corrected chi connectivity index (χ0v) is 9.91. The lowest BCUT2D eigenvalue weighted by atomic mass is 10.1. The fourth-order valence-corrected chi connectivity index (χ4v) is 2.33. The van der Waals surface area contributed by atoms with Gasteiger partial charge in [-0.2, -0.15) is 0 Å². The standard InChI is InChI=1S/C11H14Cl2N2/c12-9-3-10(13)5-11(4-9)15-7-8-1-2-14-6-8/h3-5,8,14-15H,1-2,6-7H2. The molecule has 0 saturated carbocycles. The highest BCUT2D eigenvalue weighted by molar-refractivity contribution is 6.35. The highest BCUT2D eigenvalue weighted by Gasteiger charge is 2.13. The quantitative estimate of drug-likeness (QED) is 0.855. The Balaban J connectivity index is 1.92. The van der Waals surface area contributed by atoms with Gasteiger partial charge >= 0.3 is 0 Å². The number of nitrogens with one attached hydrogen (secondary N) is 2. The molecule has 1 aromatic carbocycles. The number of halogens is 2. The van der Waals surface area contributed by atoms with Gasteiger partial charge in [0.25, 0.3) is 0 Å². The van der Waals surface area contributed by atoms with Gasteiger partial charge in [-0.25, -0.2) is 0 Å². The maximum atomic E-state index is 5.91. The molecule has 2 rings (SSSR count). The largest absolute Gasteiger partial charge is 0.385 e. The first kappa shape index (κ1) is 11.1. The summed E-state index contributed by atoms with van der Waals surface area (Å²) in [5.41, 5.74) is 0.999. The lowest BCUT2D eigenvalue weighted by Crippen LogP contribution is -2.17. The van der Waals surface area contributed by atoms with Crippen molar-refractivity contribution in [3.8, 4) is 0 Å². The Kier molecular flexibility index (Phi) is 3.73. The van der Waals surface area contributed by atoms with E-state index < -0.39 is 0 Å². The monoisotopic (exact) mass is 244 g/mol. The van der Waals surface area contributed by atoms with Crippen LogP contribution in [0, 0.1) is 5.92 Å². The van der Waals surface area contributed by atoms with Crippen LogP contribution in [0.2, 0.25) is 10.0 Å². The SMILES string of the molecule is Clc1cc(Cl)cc(NCC2CCNC2)c1. The van der Waals surface area contributed by atoms with Gasteiger partial charge < -0.3 is 10.6 Å². The predicted molar refractivity (Wildman–Crippen MR) is 65.9 cm³/mol. The van der Waals surface area contributed by atoms with Crippen molar-refractivity contribution < 1.29 is 0 Å². The Morgan fingerprint density at radius 3 is 2.60 bits per heavy atom. The number of anilines is 1. The highest BCUT2D eigenvalue weighted by Crippen LogP contribution is 2.22. The van der Waals surface area contributed by atoms with Crippen molar-refractivity contribution in [1.29, 1.82) is 0 Å². The first-order valence-corrected chi connectivity index (χ1v) is 5.90. The van der Waals surface area contributed by atoms with Crippen molar-refractivity contribution in [2.45, 2.75) is 6.42 Å². The van der Waals surface area contributed by atoms with E-state index >= 15 is 0 Å². The van der Waals surface area contributed by atoms with E-state index in [2.05, 4.69) is 10.6 Å². The van der Waals surface area contributed by atoms with Crippen LogP contribution in [-0.2, 0) is 0 Å².